The molecule has 0 radical (unpaired) electrons. The number of rotatable bonds is 6. The summed E-state index contributed by atoms with van der Waals surface area (Å²) in [5.41, 5.74) is 0.848. The number of aromatic nitrogens is 1. The third-order valence-corrected chi connectivity index (χ3v) is 7.99. The van der Waals surface area contributed by atoms with Crippen LogP contribution in [0, 0.1) is 0 Å². The largest absolute Gasteiger partial charge is 0.452 e. The van der Waals surface area contributed by atoms with Gasteiger partial charge in [0.05, 0.1) is 20.7 Å². The summed E-state index contributed by atoms with van der Waals surface area (Å²) in [5.74, 6) is -1.29. The number of amides is 1. The second-order valence-corrected chi connectivity index (χ2v) is 10.4. The standard InChI is InChI=1S/C22H23N3O5S2/c26-20(24-22-23-18-10-3-4-11-19(18)31-22)15-30-21(27)16-8-7-9-17(14-16)32(28,29)25-12-5-1-2-6-13-25/h3-4,7-11,14H,1-2,5-6,12-13,15H2,(H,23,24,26). The smallest absolute Gasteiger partial charge is 0.338 e. The molecule has 1 aliphatic rings. The first-order valence-electron chi connectivity index (χ1n) is 10.4. The van der Waals surface area contributed by atoms with Gasteiger partial charge < -0.3 is 4.74 Å². The maximum absolute atomic E-state index is 13.0. The Labute approximate surface area is 190 Å². The van der Waals surface area contributed by atoms with Gasteiger partial charge in [-0.15, -0.1) is 0 Å². The van der Waals surface area contributed by atoms with Crippen LogP contribution >= 0.6 is 11.3 Å². The molecule has 1 N–H and O–H groups in total. The molecule has 1 saturated heterocycles. The zero-order valence-corrected chi connectivity index (χ0v) is 19.0. The minimum atomic E-state index is -3.69. The average molecular weight is 474 g/mol. The van der Waals surface area contributed by atoms with Gasteiger partial charge in [-0.1, -0.05) is 42.4 Å². The van der Waals surface area contributed by atoms with E-state index in [2.05, 4.69) is 10.3 Å². The zero-order chi connectivity index (χ0) is 22.6. The zero-order valence-electron chi connectivity index (χ0n) is 17.3. The van der Waals surface area contributed by atoms with Crippen LogP contribution in [0.2, 0.25) is 0 Å². The number of benzene rings is 2. The number of ether oxygens (including phenoxy) is 1. The Bertz CT molecular complexity index is 1200. The third kappa shape index (κ3) is 5.14. The second kappa shape index (κ2) is 9.76. The van der Waals surface area contributed by atoms with Crippen LogP contribution in [0.15, 0.2) is 53.4 Å². The first-order valence-corrected chi connectivity index (χ1v) is 12.6. The number of thiazole rings is 1. The van der Waals surface area contributed by atoms with Gasteiger partial charge in [0.2, 0.25) is 10.0 Å². The lowest BCUT2D eigenvalue weighted by Crippen LogP contribution is -2.32. The SMILES string of the molecule is O=C(COC(=O)c1cccc(S(=O)(=O)N2CCCCCC2)c1)Nc1nc2ccccc2s1. The van der Waals surface area contributed by atoms with Gasteiger partial charge >= 0.3 is 5.97 Å². The van der Waals surface area contributed by atoms with Crippen molar-refractivity contribution in [2.75, 3.05) is 25.0 Å². The Morgan fingerprint density at radius 1 is 1.03 bits per heavy atom. The number of nitrogens with zero attached hydrogens (tertiary/aromatic N) is 2. The van der Waals surface area contributed by atoms with E-state index in [-0.39, 0.29) is 10.5 Å². The summed E-state index contributed by atoms with van der Waals surface area (Å²) in [6, 6.07) is 13.2. The molecular formula is C22H23N3O5S2. The molecule has 0 saturated carbocycles. The number of hydrogen-bond donors (Lipinski definition) is 1. The Hall–Kier alpha value is -2.82. The lowest BCUT2D eigenvalue weighted by atomic mass is 10.2. The van der Waals surface area contributed by atoms with E-state index in [1.54, 1.807) is 0 Å². The number of para-hydroxylation sites is 1. The molecule has 32 heavy (non-hydrogen) atoms. The summed E-state index contributed by atoms with van der Waals surface area (Å²) in [7, 11) is -3.69. The van der Waals surface area contributed by atoms with E-state index in [4.69, 9.17) is 4.74 Å². The maximum atomic E-state index is 13.0. The Balaban J connectivity index is 1.38. The fourth-order valence-corrected chi connectivity index (χ4v) is 5.96. The van der Waals surface area contributed by atoms with Crippen molar-refractivity contribution in [2.24, 2.45) is 0 Å². The molecule has 10 heteroatoms. The normalized spacial score (nSPS) is 15.2. The summed E-state index contributed by atoms with van der Waals surface area (Å²) >= 11 is 1.32. The highest BCUT2D eigenvalue weighted by atomic mass is 32.2. The van der Waals surface area contributed by atoms with Gasteiger partial charge in [0.15, 0.2) is 11.7 Å². The van der Waals surface area contributed by atoms with Crippen LogP contribution in [-0.4, -0.2) is 49.3 Å². The van der Waals surface area contributed by atoms with Crippen molar-refractivity contribution in [3.05, 3.63) is 54.1 Å². The maximum Gasteiger partial charge on any atom is 0.338 e. The molecule has 0 atom stereocenters. The monoisotopic (exact) mass is 473 g/mol. The molecule has 8 nitrogen and oxygen atoms in total. The first-order chi connectivity index (χ1) is 15.4. The van der Waals surface area contributed by atoms with Gasteiger partial charge in [-0.2, -0.15) is 4.31 Å². The number of fused-ring (bicyclic) bond motifs is 1. The van der Waals surface area contributed by atoms with Crippen molar-refractivity contribution in [1.82, 2.24) is 9.29 Å². The Morgan fingerprint density at radius 2 is 1.78 bits per heavy atom. The molecule has 168 valence electrons. The molecule has 1 amide bonds. The molecule has 0 aliphatic carbocycles. The number of hydrogen-bond acceptors (Lipinski definition) is 7. The number of anilines is 1. The van der Waals surface area contributed by atoms with Crippen molar-refractivity contribution in [2.45, 2.75) is 30.6 Å². The van der Waals surface area contributed by atoms with Gasteiger partial charge in [-0.3, -0.25) is 10.1 Å². The summed E-state index contributed by atoms with van der Waals surface area (Å²) in [6.45, 7) is 0.448. The van der Waals surface area contributed by atoms with Gasteiger partial charge in [-0.05, 0) is 43.2 Å². The van der Waals surface area contributed by atoms with E-state index in [1.165, 1.54) is 39.9 Å². The molecule has 0 bridgehead atoms. The molecule has 1 fully saturated rings. The number of carbonyl (C=O) groups excluding carboxylic acids is 2. The predicted octanol–water partition coefficient (Wildman–Crippen LogP) is 3.66. The van der Waals surface area contributed by atoms with Gasteiger partial charge in [0.25, 0.3) is 5.91 Å². The van der Waals surface area contributed by atoms with Gasteiger partial charge in [-0.25, -0.2) is 18.2 Å². The molecule has 3 aromatic rings. The number of sulfonamides is 1. The summed E-state index contributed by atoms with van der Waals surface area (Å²) in [4.78, 5) is 28.9. The van der Waals surface area contributed by atoms with Crippen molar-refractivity contribution >= 4 is 48.6 Å². The molecule has 0 spiro atoms. The topological polar surface area (TPSA) is 106 Å². The molecular weight excluding hydrogens is 450 g/mol. The molecule has 2 aromatic carbocycles. The van der Waals surface area contributed by atoms with E-state index in [0.29, 0.717) is 18.2 Å². The van der Waals surface area contributed by atoms with Crippen molar-refractivity contribution < 1.29 is 22.7 Å². The van der Waals surface area contributed by atoms with Crippen molar-refractivity contribution in [1.29, 1.82) is 0 Å². The van der Waals surface area contributed by atoms with Crippen LogP contribution in [-0.2, 0) is 19.6 Å². The minimum Gasteiger partial charge on any atom is -0.452 e. The Morgan fingerprint density at radius 3 is 2.53 bits per heavy atom. The summed E-state index contributed by atoms with van der Waals surface area (Å²) < 4.78 is 33.4. The number of nitrogens with one attached hydrogen (secondary N) is 1. The van der Waals surface area contributed by atoms with Crippen LogP contribution in [0.25, 0.3) is 10.2 Å². The fraction of sp³-hybridized carbons (Fsp3) is 0.318. The van der Waals surface area contributed by atoms with Crippen LogP contribution < -0.4 is 5.32 Å². The Kier molecular flexibility index (Phi) is 6.83. The predicted molar refractivity (Wildman–Crippen MR) is 122 cm³/mol. The quantitative estimate of drug-likeness (QED) is 0.548. The molecule has 1 aliphatic heterocycles. The number of esters is 1. The highest BCUT2D eigenvalue weighted by Gasteiger charge is 2.26. The van der Waals surface area contributed by atoms with E-state index in [0.717, 1.165) is 35.9 Å². The number of carbonyl (C=O) groups is 2. The third-order valence-electron chi connectivity index (χ3n) is 5.15. The molecule has 1 aromatic heterocycles. The highest BCUT2D eigenvalue weighted by molar-refractivity contribution is 7.89. The van der Waals surface area contributed by atoms with Gasteiger partial charge in [0.1, 0.15) is 0 Å². The minimum absolute atomic E-state index is 0.0489. The molecule has 0 unspecified atom stereocenters. The highest BCUT2D eigenvalue weighted by Crippen LogP contribution is 2.25. The molecule has 2 heterocycles. The van der Waals surface area contributed by atoms with Crippen molar-refractivity contribution in [3.63, 3.8) is 0 Å². The fourth-order valence-electron chi connectivity index (χ4n) is 3.51. The van der Waals surface area contributed by atoms with E-state index >= 15 is 0 Å². The van der Waals surface area contributed by atoms with Gasteiger partial charge in [0, 0.05) is 13.1 Å². The van der Waals surface area contributed by atoms with E-state index < -0.39 is 28.5 Å². The lowest BCUT2D eigenvalue weighted by molar-refractivity contribution is -0.119. The van der Waals surface area contributed by atoms with E-state index in [1.807, 2.05) is 24.3 Å². The average Bonchev–Trinajstić information content (AvgIpc) is 2.99. The van der Waals surface area contributed by atoms with Crippen LogP contribution in [0.1, 0.15) is 36.0 Å². The van der Waals surface area contributed by atoms with Crippen LogP contribution in [0.4, 0.5) is 5.13 Å². The lowest BCUT2D eigenvalue weighted by Gasteiger charge is -2.20. The summed E-state index contributed by atoms with van der Waals surface area (Å²) in [6.07, 6.45) is 3.67. The van der Waals surface area contributed by atoms with Crippen molar-refractivity contribution in [3.8, 4) is 0 Å². The molecule has 4 rings (SSSR count). The van der Waals surface area contributed by atoms with Crippen LogP contribution in [0.5, 0.6) is 0 Å². The van der Waals surface area contributed by atoms with E-state index in [9.17, 15) is 18.0 Å². The first kappa shape index (κ1) is 22.4. The van der Waals surface area contributed by atoms with Crippen LogP contribution in [0.3, 0.4) is 0 Å². The second-order valence-electron chi connectivity index (χ2n) is 7.46. The summed E-state index contributed by atoms with van der Waals surface area (Å²) in [5, 5.41) is 3.03.